The van der Waals surface area contributed by atoms with Crippen LogP contribution in [0.25, 0.3) is 5.57 Å². The van der Waals surface area contributed by atoms with E-state index in [1.54, 1.807) is 36.4 Å². The summed E-state index contributed by atoms with van der Waals surface area (Å²) in [6.45, 7) is 4.91. The van der Waals surface area contributed by atoms with Crippen molar-refractivity contribution in [2.24, 2.45) is 4.99 Å². The van der Waals surface area contributed by atoms with Crippen LogP contribution in [0.5, 0.6) is 0 Å². The van der Waals surface area contributed by atoms with Gasteiger partial charge >= 0.3 is 11.9 Å². The second-order valence-electron chi connectivity index (χ2n) is 6.07. The first-order valence-corrected chi connectivity index (χ1v) is 8.01. The summed E-state index contributed by atoms with van der Waals surface area (Å²) in [4.78, 5) is 39.8. The molecule has 0 fully saturated rings. The van der Waals surface area contributed by atoms with Crippen molar-refractivity contribution in [1.82, 2.24) is 0 Å². The van der Waals surface area contributed by atoms with E-state index in [9.17, 15) is 24.6 Å². The maximum absolute atomic E-state index is 12.4. The Morgan fingerprint density at radius 1 is 1.07 bits per heavy atom. The number of carboxylic acids is 2. The Hall–Kier alpha value is -3.74. The minimum Gasteiger partial charge on any atom is -0.479 e. The molecule has 1 unspecified atom stereocenters. The molecule has 2 aromatic rings. The van der Waals surface area contributed by atoms with Crippen LogP contribution >= 0.6 is 0 Å². The van der Waals surface area contributed by atoms with Gasteiger partial charge in [0.05, 0.1) is 10.9 Å². The normalized spacial score (nSPS) is 17.6. The predicted octanol–water partition coefficient (Wildman–Crippen LogP) is 1.05. The number of hydrogen-bond donors (Lipinski definition) is 3. The van der Waals surface area contributed by atoms with Gasteiger partial charge in [0.1, 0.15) is 0 Å². The van der Waals surface area contributed by atoms with Crippen molar-refractivity contribution in [1.29, 1.82) is 0 Å². The standard InChI is InChI=1S/C20H16N2O5/c1-11(18(24)25)17-15-8-3-4-9-16(15)22-20(17,19(26)27)13-6-5-7-14(10-13)21-12(2)23/h3-10H,1H2,2H3,(H,21,23)(H,24,25)(H,26,27). The maximum atomic E-state index is 12.4. The van der Waals surface area contributed by atoms with Gasteiger partial charge < -0.3 is 15.5 Å². The number of rotatable bonds is 5. The van der Waals surface area contributed by atoms with Gasteiger partial charge in [0, 0.05) is 23.4 Å². The first kappa shape index (κ1) is 18.1. The lowest BCUT2D eigenvalue weighted by atomic mass is 9.80. The third-order valence-corrected chi connectivity index (χ3v) is 4.29. The van der Waals surface area contributed by atoms with E-state index in [1.165, 1.54) is 19.1 Å². The largest absolute Gasteiger partial charge is 0.479 e. The number of aliphatic carboxylic acids is 2. The average Bonchev–Trinajstić information content (AvgIpc) is 2.97. The lowest BCUT2D eigenvalue weighted by Gasteiger charge is -2.26. The molecular formula is C20H16N2O5. The molecule has 1 aliphatic heterocycles. The molecule has 3 N–H and O–H groups in total. The first-order chi connectivity index (χ1) is 12.8. The molecule has 0 aromatic heterocycles. The van der Waals surface area contributed by atoms with Crippen LogP contribution in [-0.2, 0) is 19.9 Å². The summed E-state index contributed by atoms with van der Waals surface area (Å²) in [5, 5.41) is 23.0. The van der Waals surface area contributed by atoms with E-state index in [2.05, 4.69) is 16.9 Å². The van der Waals surface area contributed by atoms with Gasteiger partial charge in [-0.2, -0.15) is 0 Å². The van der Waals surface area contributed by atoms with Gasteiger partial charge in [0.25, 0.3) is 0 Å². The Morgan fingerprint density at radius 2 is 1.78 bits per heavy atom. The molecule has 2 aromatic carbocycles. The second kappa shape index (κ2) is 6.53. The number of nitrogens with one attached hydrogen (secondary N) is 1. The molecule has 0 radical (unpaired) electrons. The molecule has 0 spiro atoms. The highest BCUT2D eigenvalue weighted by Crippen LogP contribution is 2.40. The van der Waals surface area contributed by atoms with E-state index < -0.39 is 17.5 Å². The quantitative estimate of drug-likeness (QED) is 0.686. The number of hydrogen-bond acceptors (Lipinski definition) is 4. The van der Waals surface area contributed by atoms with Crippen molar-refractivity contribution in [2.75, 3.05) is 5.32 Å². The highest BCUT2D eigenvalue weighted by atomic mass is 16.4. The highest BCUT2D eigenvalue weighted by Gasteiger charge is 2.49. The Labute approximate surface area is 154 Å². The van der Waals surface area contributed by atoms with Crippen molar-refractivity contribution in [2.45, 2.75) is 12.5 Å². The van der Waals surface area contributed by atoms with Crippen LogP contribution in [0.1, 0.15) is 12.5 Å². The molecule has 7 heteroatoms. The molecule has 7 nitrogen and oxygen atoms in total. The molecule has 0 bridgehead atoms. The van der Waals surface area contributed by atoms with E-state index in [0.717, 1.165) is 0 Å². The van der Waals surface area contributed by atoms with Crippen LogP contribution in [0, 0.1) is 0 Å². The number of carbonyl (C=O) groups is 3. The van der Waals surface area contributed by atoms with E-state index in [0.29, 0.717) is 16.3 Å². The van der Waals surface area contributed by atoms with Gasteiger partial charge in [0.2, 0.25) is 11.4 Å². The lowest BCUT2D eigenvalue weighted by Crippen LogP contribution is -2.37. The molecule has 1 heterocycles. The summed E-state index contributed by atoms with van der Waals surface area (Å²) in [6, 6.07) is 12.8. The van der Waals surface area contributed by atoms with Crippen LogP contribution in [-0.4, -0.2) is 28.1 Å². The van der Waals surface area contributed by atoms with Crippen molar-refractivity contribution < 1.29 is 24.6 Å². The number of fused-ring (bicyclic) bond motifs is 1. The van der Waals surface area contributed by atoms with Crippen molar-refractivity contribution in [3.05, 3.63) is 76.8 Å². The summed E-state index contributed by atoms with van der Waals surface area (Å²) in [5.74, 6) is -2.99. The molecule has 0 aliphatic carbocycles. The Balaban J connectivity index is 2.37. The van der Waals surface area contributed by atoms with E-state index in [4.69, 9.17) is 0 Å². The number of para-hydroxylation sites is 1. The fourth-order valence-electron chi connectivity index (χ4n) is 3.21. The minimum atomic E-state index is -1.98. The van der Waals surface area contributed by atoms with Gasteiger partial charge in [-0.25, -0.2) is 9.59 Å². The zero-order valence-corrected chi connectivity index (χ0v) is 14.4. The summed E-state index contributed by atoms with van der Waals surface area (Å²) < 4.78 is 0. The predicted molar refractivity (Wildman–Crippen MR) is 97.5 cm³/mol. The zero-order chi connectivity index (χ0) is 19.8. The van der Waals surface area contributed by atoms with Crippen LogP contribution in [0.15, 0.2) is 65.7 Å². The van der Waals surface area contributed by atoms with E-state index in [1.807, 2.05) is 0 Å². The van der Waals surface area contributed by atoms with Crippen molar-refractivity contribution >= 4 is 29.1 Å². The summed E-state index contributed by atoms with van der Waals surface area (Å²) in [7, 11) is 0. The summed E-state index contributed by atoms with van der Waals surface area (Å²) in [5.41, 5.74) is -1.73. The Morgan fingerprint density at radius 3 is 2.41 bits per heavy atom. The van der Waals surface area contributed by atoms with Crippen LogP contribution in [0.2, 0.25) is 0 Å². The fraction of sp³-hybridized carbons (Fsp3) is 0.100. The van der Waals surface area contributed by atoms with Gasteiger partial charge in [-0.3, -0.25) is 9.79 Å². The number of benzene rings is 2. The number of carbonyl (C=O) groups excluding carboxylic acids is 1. The van der Waals surface area contributed by atoms with E-state index >= 15 is 0 Å². The summed E-state index contributed by atoms with van der Waals surface area (Å²) in [6.07, 6.45) is 0. The average molecular weight is 364 g/mol. The van der Waals surface area contributed by atoms with Crippen LogP contribution in [0.3, 0.4) is 0 Å². The zero-order valence-electron chi connectivity index (χ0n) is 14.4. The first-order valence-electron chi connectivity index (χ1n) is 8.01. The Bertz CT molecular complexity index is 1120. The SMILES string of the molecule is C=C(C(=O)O)C1=c2ccccc2=NC1(C(=O)O)c1cccc(NC(C)=O)c1. The minimum absolute atomic E-state index is 0.00178. The molecule has 136 valence electrons. The summed E-state index contributed by atoms with van der Waals surface area (Å²) >= 11 is 0. The third kappa shape index (κ3) is 2.89. The Kier molecular flexibility index (Phi) is 4.37. The number of amides is 1. The molecule has 1 aliphatic rings. The topological polar surface area (TPSA) is 116 Å². The highest BCUT2D eigenvalue weighted by molar-refractivity contribution is 6.10. The molecule has 0 saturated heterocycles. The van der Waals surface area contributed by atoms with Crippen LogP contribution < -0.4 is 15.9 Å². The van der Waals surface area contributed by atoms with Gasteiger partial charge in [-0.05, 0) is 23.8 Å². The van der Waals surface area contributed by atoms with Crippen molar-refractivity contribution in [3.8, 4) is 0 Å². The van der Waals surface area contributed by atoms with Gasteiger partial charge in [-0.15, -0.1) is 0 Å². The monoisotopic (exact) mass is 364 g/mol. The van der Waals surface area contributed by atoms with E-state index in [-0.39, 0.29) is 22.6 Å². The molecule has 1 amide bonds. The molecule has 27 heavy (non-hydrogen) atoms. The molecule has 3 rings (SSSR count). The fourth-order valence-corrected chi connectivity index (χ4v) is 3.21. The van der Waals surface area contributed by atoms with Gasteiger partial charge in [-0.1, -0.05) is 36.9 Å². The van der Waals surface area contributed by atoms with Crippen LogP contribution in [0.4, 0.5) is 5.69 Å². The lowest BCUT2D eigenvalue weighted by molar-refractivity contribution is -0.141. The third-order valence-electron chi connectivity index (χ3n) is 4.29. The smallest absolute Gasteiger partial charge is 0.341 e. The molecule has 0 saturated carbocycles. The number of carboxylic acid groups (broad SMARTS) is 2. The number of nitrogens with zero attached hydrogens (tertiary/aromatic N) is 1. The number of anilines is 1. The molecular weight excluding hydrogens is 348 g/mol. The maximum Gasteiger partial charge on any atom is 0.341 e. The molecule has 1 atom stereocenters. The van der Waals surface area contributed by atoms with Gasteiger partial charge in [0.15, 0.2) is 0 Å². The second-order valence-corrected chi connectivity index (χ2v) is 6.07. The van der Waals surface area contributed by atoms with Crippen molar-refractivity contribution in [3.63, 3.8) is 0 Å².